The summed E-state index contributed by atoms with van der Waals surface area (Å²) in [5.41, 5.74) is 5.11. The van der Waals surface area contributed by atoms with Crippen LogP contribution in [0.4, 0.5) is 10.5 Å². The zero-order valence-electron chi connectivity index (χ0n) is 13.3. The second-order valence-corrected chi connectivity index (χ2v) is 5.28. The van der Waals surface area contributed by atoms with Gasteiger partial charge in [0.05, 0.1) is 6.61 Å². The molecule has 4 heteroatoms. The summed E-state index contributed by atoms with van der Waals surface area (Å²) in [7, 11) is 1.66. The highest BCUT2D eigenvalue weighted by atomic mass is 16.5. The van der Waals surface area contributed by atoms with Gasteiger partial charge in [0, 0.05) is 19.3 Å². The molecule has 2 rings (SSSR count). The first-order chi connectivity index (χ1) is 10.6. The third-order valence-corrected chi connectivity index (χ3v) is 3.58. The van der Waals surface area contributed by atoms with Gasteiger partial charge in [-0.15, -0.1) is 0 Å². The number of rotatable bonds is 5. The number of carbonyl (C=O) groups is 1. The summed E-state index contributed by atoms with van der Waals surface area (Å²) in [6.45, 7) is 4.97. The summed E-state index contributed by atoms with van der Waals surface area (Å²) in [5, 5.41) is 5.81. The van der Waals surface area contributed by atoms with E-state index in [0.717, 1.165) is 27.9 Å². The number of benzene rings is 2. The second kappa shape index (κ2) is 7.61. The van der Waals surface area contributed by atoms with Crippen molar-refractivity contribution in [3.63, 3.8) is 0 Å². The molecule has 2 aromatic carbocycles. The normalized spacial score (nSPS) is 10.3. The molecule has 0 saturated heterocycles. The van der Waals surface area contributed by atoms with E-state index in [1.54, 1.807) is 7.11 Å². The van der Waals surface area contributed by atoms with Crippen LogP contribution in [0.3, 0.4) is 0 Å². The first-order valence-corrected chi connectivity index (χ1v) is 7.28. The zero-order valence-corrected chi connectivity index (χ0v) is 13.3. The van der Waals surface area contributed by atoms with Crippen molar-refractivity contribution in [2.45, 2.75) is 27.0 Å². The molecule has 22 heavy (non-hydrogen) atoms. The van der Waals surface area contributed by atoms with Gasteiger partial charge in [-0.05, 0) is 36.1 Å². The van der Waals surface area contributed by atoms with Crippen molar-refractivity contribution >= 4 is 11.7 Å². The van der Waals surface area contributed by atoms with Crippen molar-refractivity contribution in [2.75, 3.05) is 12.4 Å². The van der Waals surface area contributed by atoms with E-state index in [0.29, 0.717) is 13.2 Å². The fraction of sp³-hybridized carbons (Fsp3) is 0.278. The number of amides is 2. The maximum Gasteiger partial charge on any atom is 0.319 e. The van der Waals surface area contributed by atoms with Crippen LogP contribution in [0, 0.1) is 13.8 Å². The molecule has 0 fully saturated rings. The lowest BCUT2D eigenvalue weighted by atomic mass is 10.1. The lowest BCUT2D eigenvalue weighted by Gasteiger charge is -2.13. The number of ether oxygens (including phenoxy) is 1. The molecule has 0 heterocycles. The molecule has 4 nitrogen and oxygen atoms in total. The summed E-state index contributed by atoms with van der Waals surface area (Å²) in [6, 6.07) is 13.7. The predicted molar refractivity (Wildman–Crippen MR) is 88.9 cm³/mol. The summed E-state index contributed by atoms with van der Waals surface area (Å²) in [5.74, 6) is 0. The first kappa shape index (κ1) is 16.0. The Morgan fingerprint density at radius 1 is 1.00 bits per heavy atom. The van der Waals surface area contributed by atoms with Crippen molar-refractivity contribution in [1.29, 1.82) is 0 Å². The van der Waals surface area contributed by atoms with Crippen LogP contribution in [0.15, 0.2) is 42.5 Å². The molecule has 2 amide bonds. The van der Waals surface area contributed by atoms with E-state index in [2.05, 4.69) is 10.6 Å². The largest absolute Gasteiger partial charge is 0.380 e. The number of para-hydroxylation sites is 1. The fourth-order valence-electron chi connectivity index (χ4n) is 2.37. The number of methoxy groups -OCH3 is 1. The Bertz CT molecular complexity index is 633. The van der Waals surface area contributed by atoms with Gasteiger partial charge in [0.25, 0.3) is 0 Å². The summed E-state index contributed by atoms with van der Waals surface area (Å²) in [6.07, 6.45) is 0. The maximum atomic E-state index is 12.1. The minimum atomic E-state index is -0.204. The molecule has 0 aliphatic heterocycles. The molecule has 2 aromatic rings. The van der Waals surface area contributed by atoms with Crippen molar-refractivity contribution in [3.8, 4) is 0 Å². The molecule has 0 aliphatic carbocycles. The van der Waals surface area contributed by atoms with Crippen LogP contribution in [-0.2, 0) is 17.9 Å². The zero-order chi connectivity index (χ0) is 15.9. The van der Waals surface area contributed by atoms with E-state index in [1.807, 2.05) is 56.3 Å². The highest BCUT2D eigenvalue weighted by Gasteiger charge is 2.08. The van der Waals surface area contributed by atoms with E-state index >= 15 is 0 Å². The molecule has 0 radical (unpaired) electrons. The number of anilines is 1. The Morgan fingerprint density at radius 2 is 1.64 bits per heavy atom. The Balaban J connectivity index is 1.99. The molecular formula is C18H22N2O2. The van der Waals surface area contributed by atoms with E-state index < -0.39 is 0 Å². The van der Waals surface area contributed by atoms with E-state index in [1.165, 1.54) is 0 Å². The number of nitrogens with one attached hydrogen (secondary N) is 2. The monoisotopic (exact) mass is 298 g/mol. The van der Waals surface area contributed by atoms with Gasteiger partial charge in [-0.25, -0.2) is 4.79 Å². The molecule has 0 saturated carbocycles. The van der Waals surface area contributed by atoms with Crippen LogP contribution in [-0.4, -0.2) is 13.1 Å². The lowest BCUT2D eigenvalue weighted by molar-refractivity contribution is 0.184. The third kappa shape index (κ3) is 4.09. The van der Waals surface area contributed by atoms with Crippen molar-refractivity contribution in [2.24, 2.45) is 0 Å². The minimum absolute atomic E-state index is 0.204. The van der Waals surface area contributed by atoms with E-state index in [4.69, 9.17) is 4.74 Å². The topological polar surface area (TPSA) is 50.4 Å². The quantitative estimate of drug-likeness (QED) is 0.882. The molecule has 0 aliphatic rings. The Hall–Kier alpha value is -2.33. The van der Waals surface area contributed by atoms with Crippen LogP contribution in [0.1, 0.15) is 22.3 Å². The summed E-state index contributed by atoms with van der Waals surface area (Å²) in [4.78, 5) is 12.1. The minimum Gasteiger partial charge on any atom is -0.380 e. The van der Waals surface area contributed by atoms with Gasteiger partial charge in [0.2, 0.25) is 0 Å². The van der Waals surface area contributed by atoms with Crippen molar-refractivity contribution in [3.05, 3.63) is 64.7 Å². The number of aryl methyl sites for hydroxylation is 2. The highest BCUT2D eigenvalue weighted by Crippen LogP contribution is 2.19. The lowest BCUT2D eigenvalue weighted by Crippen LogP contribution is -2.29. The van der Waals surface area contributed by atoms with Gasteiger partial charge in [0.15, 0.2) is 0 Å². The SMILES string of the molecule is COCc1ccccc1CNC(=O)Nc1c(C)cccc1C. The van der Waals surface area contributed by atoms with Crippen molar-refractivity contribution in [1.82, 2.24) is 5.32 Å². The highest BCUT2D eigenvalue weighted by molar-refractivity contribution is 5.90. The van der Waals surface area contributed by atoms with E-state index in [9.17, 15) is 4.79 Å². The second-order valence-electron chi connectivity index (χ2n) is 5.28. The van der Waals surface area contributed by atoms with Gasteiger partial charge in [-0.1, -0.05) is 42.5 Å². The van der Waals surface area contributed by atoms with Crippen LogP contribution in [0.25, 0.3) is 0 Å². The Morgan fingerprint density at radius 3 is 2.27 bits per heavy atom. The van der Waals surface area contributed by atoms with E-state index in [-0.39, 0.29) is 6.03 Å². The standard InChI is InChI=1S/C18H22N2O2/c1-13-7-6-8-14(2)17(13)20-18(21)19-11-15-9-4-5-10-16(15)12-22-3/h4-10H,11-12H2,1-3H3,(H2,19,20,21). The number of hydrogen-bond acceptors (Lipinski definition) is 2. The molecule has 0 bridgehead atoms. The molecular weight excluding hydrogens is 276 g/mol. The van der Waals surface area contributed by atoms with Crippen molar-refractivity contribution < 1.29 is 9.53 Å². The number of urea groups is 1. The number of carbonyl (C=O) groups excluding carboxylic acids is 1. The Labute approximate surface area is 131 Å². The van der Waals surface area contributed by atoms with Gasteiger partial charge in [-0.2, -0.15) is 0 Å². The van der Waals surface area contributed by atoms with Gasteiger partial charge in [0.1, 0.15) is 0 Å². The number of hydrogen-bond donors (Lipinski definition) is 2. The smallest absolute Gasteiger partial charge is 0.319 e. The van der Waals surface area contributed by atoms with Crippen LogP contribution in [0.5, 0.6) is 0 Å². The molecule has 0 atom stereocenters. The summed E-state index contributed by atoms with van der Waals surface area (Å²) < 4.78 is 5.17. The molecule has 0 spiro atoms. The van der Waals surface area contributed by atoms with Crippen LogP contribution >= 0.6 is 0 Å². The van der Waals surface area contributed by atoms with Crippen LogP contribution < -0.4 is 10.6 Å². The molecule has 0 unspecified atom stereocenters. The third-order valence-electron chi connectivity index (χ3n) is 3.58. The summed E-state index contributed by atoms with van der Waals surface area (Å²) >= 11 is 0. The van der Waals surface area contributed by atoms with Crippen LogP contribution in [0.2, 0.25) is 0 Å². The molecule has 0 aromatic heterocycles. The Kier molecular flexibility index (Phi) is 5.55. The first-order valence-electron chi connectivity index (χ1n) is 7.28. The average molecular weight is 298 g/mol. The fourth-order valence-corrected chi connectivity index (χ4v) is 2.37. The van der Waals surface area contributed by atoms with Gasteiger partial charge < -0.3 is 15.4 Å². The van der Waals surface area contributed by atoms with Gasteiger partial charge >= 0.3 is 6.03 Å². The maximum absolute atomic E-state index is 12.1. The predicted octanol–water partition coefficient (Wildman–Crippen LogP) is 3.77. The molecule has 2 N–H and O–H groups in total. The van der Waals surface area contributed by atoms with Gasteiger partial charge in [-0.3, -0.25) is 0 Å². The average Bonchev–Trinajstić information content (AvgIpc) is 2.50. The molecule has 116 valence electrons.